The molecule has 144 valence electrons. The van der Waals surface area contributed by atoms with Gasteiger partial charge in [0, 0.05) is 12.7 Å². The summed E-state index contributed by atoms with van der Waals surface area (Å²) in [6.45, 7) is 4.17. The first-order valence-corrected chi connectivity index (χ1v) is 10.0. The Morgan fingerprint density at radius 2 is 1.89 bits per heavy atom. The molecule has 1 saturated carbocycles. The first-order valence-electron chi connectivity index (χ1n) is 10.0. The molecule has 0 spiro atoms. The standard InChI is InChI=1S/C22H30N4O/c1-2-23-22(26-17-19-8-6-7-15-24-19)25-16-18-11-13-21(14-12-18)27-20-9-4-3-5-10-20/h6-8,11-15,20H,2-5,9-10,16-17H2,1H3,(H2,23,25,26). The molecule has 3 rings (SSSR count). The molecule has 5 nitrogen and oxygen atoms in total. The van der Waals surface area contributed by atoms with Crippen molar-refractivity contribution in [1.82, 2.24) is 15.6 Å². The molecule has 1 aliphatic carbocycles. The zero-order chi connectivity index (χ0) is 18.7. The van der Waals surface area contributed by atoms with Crippen LogP contribution in [0.2, 0.25) is 0 Å². The number of guanidine groups is 1. The van der Waals surface area contributed by atoms with Gasteiger partial charge in [-0.25, -0.2) is 4.99 Å². The van der Waals surface area contributed by atoms with Gasteiger partial charge in [0.2, 0.25) is 0 Å². The van der Waals surface area contributed by atoms with Gasteiger partial charge in [-0.2, -0.15) is 0 Å². The highest BCUT2D eigenvalue weighted by Gasteiger charge is 2.14. The lowest BCUT2D eigenvalue weighted by Crippen LogP contribution is -2.36. The molecule has 0 aliphatic heterocycles. The molecule has 1 aliphatic rings. The quantitative estimate of drug-likeness (QED) is 0.573. The van der Waals surface area contributed by atoms with Gasteiger partial charge in [0.05, 0.1) is 24.9 Å². The molecule has 0 unspecified atom stereocenters. The number of hydrogen-bond donors (Lipinski definition) is 2. The molecule has 0 bridgehead atoms. The number of benzene rings is 1. The predicted octanol–water partition coefficient (Wildman–Crippen LogP) is 4.05. The lowest BCUT2D eigenvalue weighted by Gasteiger charge is -2.23. The summed E-state index contributed by atoms with van der Waals surface area (Å²) in [4.78, 5) is 9.00. The van der Waals surface area contributed by atoms with Crippen molar-refractivity contribution in [2.24, 2.45) is 4.99 Å². The molecule has 1 aromatic carbocycles. The van der Waals surface area contributed by atoms with Crippen molar-refractivity contribution in [2.75, 3.05) is 6.54 Å². The van der Waals surface area contributed by atoms with Gasteiger partial charge < -0.3 is 15.4 Å². The third-order valence-corrected chi connectivity index (χ3v) is 4.71. The molecule has 0 atom stereocenters. The van der Waals surface area contributed by atoms with Gasteiger partial charge in [-0.3, -0.25) is 4.98 Å². The van der Waals surface area contributed by atoms with E-state index < -0.39 is 0 Å². The third-order valence-electron chi connectivity index (χ3n) is 4.71. The molecule has 5 heteroatoms. The smallest absolute Gasteiger partial charge is 0.191 e. The van der Waals surface area contributed by atoms with E-state index in [-0.39, 0.29) is 0 Å². The van der Waals surface area contributed by atoms with Crippen LogP contribution in [0, 0.1) is 0 Å². The lowest BCUT2D eigenvalue weighted by atomic mass is 9.98. The van der Waals surface area contributed by atoms with E-state index in [1.54, 1.807) is 6.20 Å². The van der Waals surface area contributed by atoms with Gasteiger partial charge in [-0.1, -0.05) is 24.6 Å². The molecule has 2 N–H and O–H groups in total. The van der Waals surface area contributed by atoms with Crippen LogP contribution in [0.25, 0.3) is 0 Å². The van der Waals surface area contributed by atoms with E-state index in [0.717, 1.165) is 23.9 Å². The van der Waals surface area contributed by atoms with Crippen LogP contribution in [0.15, 0.2) is 53.7 Å². The number of hydrogen-bond acceptors (Lipinski definition) is 3. The molecule has 2 aromatic rings. The van der Waals surface area contributed by atoms with Crippen molar-refractivity contribution in [2.45, 2.75) is 58.2 Å². The van der Waals surface area contributed by atoms with Crippen molar-refractivity contribution in [3.05, 3.63) is 59.9 Å². The van der Waals surface area contributed by atoms with Crippen LogP contribution >= 0.6 is 0 Å². The second-order valence-electron chi connectivity index (χ2n) is 6.89. The van der Waals surface area contributed by atoms with Gasteiger partial charge in [0.25, 0.3) is 0 Å². The van der Waals surface area contributed by atoms with E-state index in [2.05, 4.69) is 51.8 Å². The fourth-order valence-electron chi connectivity index (χ4n) is 3.24. The molecule has 1 fully saturated rings. The molecule has 0 saturated heterocycles. The highest BCUT2D eigenvalue weighted by molar-refractivity contribution is 5.79. The molecule has 0 radical (unpaired) electrons. The van der Waals surface area contributed by atoms with Crippen LogP contribution < -0.4 is 15.4 Å². The van der Waals surface area contributed by atoms with Crippen molar-refractivity contribution in [3.63, 3.8) is 0 Å². The van der Waals surface area contributed by atoms with E-state index in [1.807, 2.05) is 18.2 Å². The van der Waals surface area contributed by atoms with Gasteiger partial charge in [0.15, 0.2) is 5.96 Å². The number of aliphatic imine (C=N–C) groups is 1. The van der Waals surface area contributed by atoms with E-state index in [0.29, 0.717) is 19.2 Å². The Kier molecular flexibility index (Phi) is 7.51. The van der Waals surface area contributed by atoms with Gasteiger partial charge in [-0.15, -0.1) is 0 Å². The molecule has 0 amide bonds. The van der Waals surface area contributed by atoms with Gasteiger partial charge in [0.1, 0.15) is 5.75 Å². The highest BCUT2D eigenvalue weighted by Crippen LogP contribution is 2.23. The zero-order valence-electron chi connectivity index (χ0n) is 16.2. The number of nitrogens with one attached hydrogen (secondary N) is 2. The Morgan fingerprint density at radius 3 is 2.59 bits per heavy atom. The fraction of sp³-hybridized carbons (Fsp3) is 0.455. The van der Waals surface area contributed by atoms with Gasteiger partial charge >= 0.3 is 0 Å². The number of rotatable bonds is 7. The summed E-state index contributed by atoms with van der Waals surface area (Å²) in [5, 5.41) is 6.60. The number of ether oxygens (including phenoxy) is 1. The SMILES string of the molecule is CCNC(=NCc1ccc(OC2CCCCC2)cc1)NCc1ccccn1. The highest BCUT2D eigenvalue weighted by atomic mass is 16.5. The lowest BCUT2D eigenvalue weighted by molar-refractivity contribution is 0.155. The average Bonchev–Trinajstić information content (AvgIpc) is 2.73. The van der Waals surface area contributed by atoms with Crippen molar-refractivity contribution < 1.29 is 4.74 Å². The van der Waals surface area contributed by atoms with Crippen LogP contribution in [-0.4, -0.2) is 23.6 Å². The van der Waals surface area contributed by atoms with E-state index in [1.165, 1.54) is 37.7 Å². The number of pyridine rings is 1. The number of aromatic nitrogens is 1. The molecular weight excluding hydrogens is 336 g/mol. The normalized spacial score (nSPS) is 15.4. The monoisotopic (exact) mass is 366 g/mol. The first kappa shape index (κ1) is 19.2. The maximum absolute atomic E-state index is 6.09. The maximum Gasteiger partial charge on any atom is 0.191 e. The van der Waals surface area contributed by atoms with Crippen LogP contribution in [0.4, 0.5) is 0 Å². The largest absolute Gasteiger partial charge is 0.490 e. The van der Waals surface area contributed by atoms with Crippen molar-refractivity contribution in [3.8, 4) is 5.75 Å². The Balaban J connectivity index is 1.52. The zero-order valence-corrected chi connectivity index (χ0v) is 16.2. The minimum atomic E-state index is 0.388. The summed E-state index contributed by atoms with van der Waals surface area (Å²) in [6, 6.07) is 14.2. The first-order chi connectivity index (χ1) is 13.3. The molecule has 1 aromatic heterocycles. The topological polar surface area (TPSA) is 58.5 Å². The molecule has 27 heavy (non-hydrogen) atoms. The Morgan fingerprint density at radius 1 is 1.07 bits per heavy atom. The van der Waals surface area contributed by atoms with E-state index >= 15 is 0 Å². The Bertz CT molecular complexity index is 694. The Labute approximate surface area is 162 Å². The van der Waals surface area contributed by atoms with Crippen LogP contribution in [0.3, 0.4) is 0 Å². The molecule has 1 heterocycles. The summed E-state index contributed by atoms with van der Waals surface area (Å²) in [7, 11) is 0. The predicted molar refractivity (Wildman–Crippen MR) is 110 cm³/mol. The van der Waals surface area contributed by atoms with Crippen molar-refractivity contribution in [1.29, 1.82) is 0 Å². The summed E-state index contributed by atoms with van der Waals surface area (Å²) in [5.41, 5.74) is 2.16. The van der Waals surface area contributed by atoms with E-state index in [9.17, 15) is 0 Å². The molecular formula is C22H30N4O. The summed E-state index contributed by atoms with van der Waals surface area (Å²) >= 11 is 0. The Hall–Kier alpha value is -2.56. The fourth-order valence-corrected chi connectivity index (χ4v) is 3.24. The van der Waals surface area contributed by atoms with Crippen LogP contribution in [0.5, 0.6) is 5.75 Å². The minimum Gasteiger partial charge on any atom is -0.490 e. The van der Waals surface area contributed by atoms with E-state index in [4.69, 9.17) is 4.74 Å². The second-order valence-corrected chi connectivity index (χ2v) is 6.89. The summed E-state index contributed by atoms with van der Waals surface area (Å²) in [6.07, 6.45) is 8.47. The average molecular weight is 367 g/mol. The van der Waals surface area contributed by atoms with Gasteiger partial charge in [-0.05, 0) is 62.4 Å². The van der Waals surface area contributed by atoms with Crippen molar-refractivity contribution >= 4 is 5.96 Å². The minimum absolute atomic E-state index is 0.388. The second kappa shape index (κ2) is 10.6. The summed E-state index contributed by atoms with van der Waals surface area (Å²) in [5.74, 6) is 1.76. The van der Waals surface area contributed by atoms with Crippen LogP contribution in [0.1, 0.15) is 50.3 Å². The third kappa shape index (κ3) is 6.59. The van der Waals surface area contributed by atoms with Crippen LogP contribution in [-0.2, 0) is 13.1 Å². The summed E-state index contributed by atoms with van der Waals surface area (Å²) < 4.78 is 6.09. The number of nitrogens with zero attached hydrogens (tertiary/aromatic N) is 2. The maximum atomic E-state index is 6.09.